The SMILES string of the molecule is Cc1ccc2c(c1NCc1ccccc1)C(=O)c1ccccc1C2=O. The Morgan fingerprint density at radius 1 is 0.720 bits per heavy atom. The topological polar surface area (TPSA) is 46.2 Å². The number of nitrogens with one attached hydrogen (secondary N) is 1. The van der Waals surface area contributed by atoms with Crippen molar-refractivity contribution >= 4 is 17.3 Å². The number of carbonyl (C=O) groups excluding carboxylic acids is 2. The molecule has 1 aliphatic rings. The van der Waals surface area contributed by atoms with Gasteiger partial charge >= 0.3 is 0 Å². The number of aryl methyl sites for hydroxylation is 1. The van der Waals surface area contributed by atoms with E-state index in [1.807, 2.05) is 43.3 Å². The average molecular weight is 327 g/mol. The standard InChI is InChI=1S/C22H17NO2/c1-14-11-12-18-19(20(14)23-13-15-7-3-2-4-8-15)22(25)17-10-6-5-9-16(17)21(18)24/h2-12,23H,13H2,1H3. The molecule has 1 aliphatic carbocycles. The van der Waals surface area contributed by atoms with E-state index in [0.29, 0.717) is 28.8 Å². The van der Waals surface area contributed by atoms with Crippen molar-refractivity contribution in [2.75, 3.05) is 5.32 Å². The second-order valence-electron chi connectivity index (χ2n) is 6.22. The average Bonchev–Trinajstić information content (AvgIpc) is 2.66. The molecule has 0 saturated carbocycles. The lowest BCUT2D eigenvalue weighted by Gasteiger charge is -2.22. The molecule has 3 heteroatoms. The molecule has 0 fully saturated rings. The van der Waals surface area contributed by atoms with Crippen LogP contribution in [0.25, 0.3) is 0 Å². The monoisotopic (exact) mass is 327 g/mol. The Balaban J connectivity index is 1.79. The molecule has 122 valence electrons. The van der Waals surface area contributed by atoms with Gasteiger partial charge in [-0.3, -0.25) is 9.59 Å². The molecule has 0 spiro atoms. The molecule has 0 amide bonds. The van der Waals surface area contributed by atoms with Crippen LogP contribution in [-0.2, 0) is 6.54 Å². The fourth-order valence-corrected chi connectivity index (χ4v) is 3.30. The summed E-state index contributed by atoms with van der Waals surface area (Å²) >= 11 is 0. The van der Waals surface area contributed by atoms with Gasteiger partial charge in [-0.05, 0) is 24.1 Å². The molecular weight excluding hydrogens is 310 g/mol. The quantitative estimate of drug-likeness (QED) is 0.607. The van der Waals surface area contributed by atoms with Gasteiger partial charge in [0.2, 0.25) is 0 Å². The Morgan fingerprint density at radius 2 is 1.36 bits per heavy atom. The van der Waals surface area contributed by atoms with Gasteiger partial charge in [-0.25, -0.2) is 0 Å². The normalized spacial score (nSPS) is 12.5. The van der Waals surface area contributed by atoms with Crippen LogP contribution < -0.4 is 5.32 Å². The maximum absolute atomic E-state index is 13.0. The Bertz CT molecular complexity index is 990. The molecule has 3 aromatic carbocycles. The molecule has 4 rings (SSSR count). The van der Waals surface area contributed by atoms with Crippen LogP contribution in [0.2, 0.25) is 0 Å². The van der Waals surface area contributed by atoms with E-state index in [2.05, 4.69) is 5.32 Å². The minimum absolute atomic E-state index is 0.0899. The van der Waals surface area contributed by atoms with Crippen molar-refractivity contribution in [3.8, 4) is 0 Å². The van der Waals surface area contributed by atoms with Crippen LogP contribution >= 0.6 is 0 Å². The first kappa shape index (κ1) is 15.3. The summed E-state index contributed by atoms with van der Waals surface area (Å²) in [6.45, 7) is 2.55. The molecule has 1 N–H and O–H groups in total. The first-order valence-electron chi connectivity index (χ1n) is 8.26. The minimum atomic E-state index is -0.0931. The third kappa shape index (κ3) is 2.54. The summed E-state index contributed by atoms with van der Waals surface area (Å²) in [6, 6.07) is 20.7. The van der Waals surface area contributed by atoms with Gasteiger partial charge in [-0.1, -0.05) is 60.7 Å². The van der Waals surface area contributed by atoms with Crippen LogP contribution in [0.15, 0.2) is 66.7 Å². The number of anilines is 1. The maximum Gasteiger partial charge on any atom is 0.196 e. The van der Waals surface area contributed by atoms with Crippen molar-refractivity contribution in [1.82, 2.24) is 0 Å². The highest BCUT2D eigenvalue weighted by Gasteiger charge is 2.31. The highest BCUT2D eigenvalue weighted by atomic mass is 16.1. The van der Waals surface area contributed by atoms with Crippen molar-refractivity contribution in [2.24, 2.45) is 0 Å². The van der Waals surface area contributed by atoms with E-state index in [0.717, 1.165) is 16.8 Å². The van der Waals surface area contributed by atoms with Crippen LogP contribution in [0.1, 0.15) is 43.0 Å². The molecular formula is C22H17NO2. The number of fused-ring (bicyclic) bond motifs is 2. The van der Waals surface area contributed by atoms with Crippen LogP contribution in [0, 0.1) is 6.92 Å². The Morgan fingerprint density at radius 3 is 2.08 bits per heavy atom. The van der Waals surface area contributed by atoms with E-state index in [1.165, 1.54) is 0 Å². The molecule has 0 radical (unpaired) electrons. The highest BCUT2D eigenvalue weighted by Crippen LogP contribution is 2.34. The zero-order chi connectivity index (χ0) is 17.4. The van der Waals surface area contributed by atoms with Crippen molar-refractivity contribution in [3.05, 3.63) is 100 Å². The Labute approximate surface area is 146 Å². The fourth-order valence-electron chi connectivity index (χ4n) is 3.30. The number of ketones is 2. The summed E-state index contributed by atoms with van der Waals surface area (Å²) in [4.78, 5) is 25.9. The smallest absolute Gasteiger partial charge is 0.196 e. The number of carbonyl (C=O) groups is 2. The van der Waals surface area contributed by atoms with E-state index < -0.39 is 0 Å². The van der Waals surface area contributed by atoms with Gasteiger partial charge in [-0.15, -0.1) is 0 Å². The zero-order valence-corrected chi connectivity index (χ0v) is 13.9. The third-order valence-electron chi connectivity index (χ3n) is 4.61. The minimum Gasteiger partial charge on any atom is -0.380 e. The van der Waals surface area contributed by atoms with Gasteiger partial charge in [-0.2, -0.15) is 0 Å². The van der Waals surface area contributed by atoms with E-state index in [9.17, 15) is 9.59 Å². The van der Waals surface area contributed by atoms with E-state index in [-0.39, 0.29) is 11.6 Å². The molecule has 25 heavy (non-hydrogen) atoms. The van der Waals surface area contributed by atoms with Gasteiger partial charge in [0.1, 0.15) is 0 Å². The molecule has 3 nitrogen and oxygen atoms in total. The van der Waals surface area contributed by atoms with Gasteiger partial charge < -0.3 is 5.32 Å². The van der Waals surface area contributed by atoms with Crippen LogP contribution in [0.3, 0.4) is 0 Å². The molecule has 0 aliphatic heterocycles. The van der Waals surface area contributed by atoms with Crippen LogP contribution in [0.5, 0.6) is 0 Å². The molecule has 0 saturated heterocycles. The lowest BCUT2D eigenvalue weighted by molar-refractivity contribution is 0.0979. The van der Waals surface area contributed by atoms with Crippen molar-refractivity contribution in [2.45, 2.75) is 13.5 Å². The van der Waals surface area contributed by atoms with E-state index >= 15 is 0 Å². The number of hydrogen-bond donors (Lipinski definition) is 1. The largest absolute Gasteiger partial charge is 0.380 e. The second-order valence-corrected chi connectivity index (χ2v) is 6.22. The summed E-state index contributed by atoms with van der Waals surface area (Å²) in [5.74, 6) is -0.183. The van der Waals surface area contributed by atoms with Crippen molar-refractivity contribution in [3.63, 3.8) is 0 Å². The van der Waals surface area contributed by atoms with Crippen molar-refractivity contribution in [1.29, 1.82) is 0 Å². The third-order valence-corrected chi connectivity index (χ3v) is 4.61. The predicted molar refractivity (Wildman–Crippen MR) is 98.3 cm³/mol. The first-order valence-corrected chi connectivity index (χ1v) is 8.26. The molecule has 0 aromatic heterocycles. The summed E-state index contributed by atoms with van der Waals surface area (Å²) in [7, 11) is 0. The fraction of sp³-hybridized carbons (Fsp3) is 0.0909. The number of rotatable bonds is 3. The first-order chi connectivity index (χ1) is 12.2. The van der Waals surface area contributed by atoms with Gasteiger partial charge in [0.05, 0.1) is 5.56 Å². The van der Waals surface area contributed by atoms with Crippen LogP contribution in [-0.4, -0.2) is 11.6 Å². The summed E-state index contributed by atoms with van der Waals surface area (Å²) in [6.07, 6.45) is 0. The summed E-state index contributed by atoms with van der Waals surface area (Å²) in [5, 5.41) is 3.37. The number of benzene rings is 3. The maximum atomic E-state index is 13.0. The van der Waals surface area contributed by atoms with Crippen LogP contribution in [0.4, 0.5) is 5.69 Å². The van der Waals surface area contributed by atoms with Gasteiger partial charge in [0.25, 0.3) is 0 Å². The second kappa shape index (κ2) is 6.02. The molecule has 0 atom stereocenters. The number of hydrogen-bond acceptors (Lipinski definition) is 3. The predicted octanol–water partition coefficient (Wildman–Crippen LogP) is 4.38. The Hall–Kier alpha value is -3.20. The van der Waals surface area contributed by atoms with E-state index in [4.69, 9.17) is 0 Å². The van der Waals surface area contributed by atoms with E-state index in [1.54, 1.807) is 30.3 Å². The summed E-state index contributed by atoms with van der Waals surface area (Å²) < 4.78 is 0. The van der Waals surface area contributed by atoms with Crippen molar-refractivity contribution < 1.29 is 9.59 Å². The molecule has 0 bridgehead atoms. The molecule has 3 aromatic rings. The lowest BCUT2D eigenvalue weighted by Crippen LogP contribution is -2.23. The lowest BCUT2D eigenvalue weighted by atomic mass is 9.82. The highest BCUT2D eigenvalue weighted by molar-refractivity contribution is 6.30. The van der Waals surface area contributed by atoms with Gasteiger partial charge in [0, 0.05) is 28.9 Å². The molecule has 0 heterocycles. The zero-order valence-electron chi connectivity index (χ0n) is 13.9. The summed E-state index contributed by atoms with van der Waals surface area (Å²) in [5.41, 5.74) is 4.75. The van der Waals surface area contributed by atoms with Gasteiger partial charge in [0.15, 0.2) is 11.6 Å². The molecule has 0 unspecified atom stereocenters. The Kier molecular flexibility index (Phi) is 3.69.